The fraction of sp³-hybridized carbons (Fsp3) is 0.350. The zero-order valence-corrected chi connectivity index (χ0v) is 15.9. The number of halogens is 2. The predicted octanol–water partition coefficient (Wildman–Crippen LogP) is 3.96. The number of hydrogen-bond donors (Lipinski definition) is 1. The molecule has 3 rings (SSSR count). The highest BCUT2D eigenvalue weighted by Gasteiger charge is 2.34. The van der Waals surface area contributed by atoms with Gasteiger partial charge in [-0.15, -0.1) is 0 Å². The molecular weight excluding hydrogens is 371 g/mol. The Balaban J connectivity index is 1.56. The average Bonchev–Trinajstić information content (AvgIpc) is 3.10. The molecule has 0 radical (unpaired) electrons. The average molecular weight is 393 g/mol. The van der Waals surface area contributed by atoms with Crippen LogP contribution in [0.25, 0.3) is 0 Å². The van der Waals surface area contributed by atoms with Gasteiger partial charge in [-0.2, -0.15) is 0 Å². The summed E-state index contributed by atoms with van der Waals surface area (Å²) in [7, 11) is 0. The Bertz CT molecular complexity index is 755. The molecule has 1 heterocycles. The molecule has 0 saturated carbocycles. The Labute approximate surface area is 163 Å². The summed E-state index contributed by atoms with van der Waals surface area (Å²) < 4.78 is 5.62. The standard InChI is InChI=1S/C20H22Cl2N2O2/c21-17-7-4-8-18(20(17)22)26-10-9-19(25)24-12-15(11-23)16(13-24)14-5-2-1-3-6-14/h1-8,15-16H,9-13,23H2/t15-,16+/m1/s1. The van der Waals surface area contributed by atoms with E-state index in [4.69, 9.17) is 33.7 Å². The van der Waals surface area contributed by atoms with E-state index in [0.29, 0.717) is 41.8 Å². The summed E-state index contributed by atoms with van der Waals surface area (Å²) in [5.74, 6) is 1.13. The number of nitrogens with zero attached hydrogens (tertiary/aromatic N) is 1. The fourth-order valence-corrected chi connectivity index (χ4v) is 3.74. The van der Waals surface area contributed by atoms with Crippen molar-refractivity contribution in [2.75, 3.05) is 26.2 Å². The highest BCUT2D eigenvalue weighted by Crippen LogP contribution is 2.33. The lowest BCUT2D eigenvalue weighted by Gasteiger charge is -2.17. The van der Waals surface area contributed by atoms with Crippen LogP contribution < -0.4 is 10.5 Å². The second-order valence-corrected chi connectivity index (χ2v) is 7.25. The van der Waals surface area contributed by atoms with Crippen LogP contribution in [0.5, 0.6) is 5.75 Å². The molecule has 0 unspecified atom stereocenters. The third-order valence-electron chi connectivity index (χ3n) is 4.81. The van der Waals surface area contributed by atoms with Crippen LogP contribution >= 0.6 is 23.2 Å². The van der Waals surface area contributed by atoms with Crippen LogP contribution in [-0.4, -0.2) is 37.0 Å². The summed E-state index contributed by atoms with van der Waals surface area (Å²) in [5, 5.41) is 0.807. The highest BCUT2D eigenvalue weighted by atomic mass is 35.5. The van der Waals surface area contributed by atoms with Gasteiger partial charge in [0.15, 0.2) is 0 Å². The number of amides is 1. The van der Waals surface area contributed by atoms with Gasteiger partial charge in [-0.05, 0) is 30.2 Å². The molecule has 1 amide bonds. The van der Waals surface area contributed by atoms with E-state index in [-0.39, 0.29) is 24.3 Å². The number of nitrogens with two attached hydrogens (primary N) is 1. The number of hydrogen-bond acceptors (Lipinski definition) is 3. The van der Waals surface area contributed by atoms with Crippen molar-refractivity contribution in [2.24, 2.45) is 11.7 Å². The summed E-state index contributed by atoms with van der Waals surface area (Å²) >= 11 is 12.1. The van der Waals surface area contributed by atoms with Crippen LogP contribution in [0, 0.1) is 5.92 Å². The minimum Gasteiger partial charge on any atom is -0.491 e. The van der Waals surface area contributed by atoms with Crippen molar-refractivity contribution in [3.8, 4) is 5.75 Å². The Morgan fingerprint density at radius 1 is 1.12 bits per heavy atom. The first-order valence-corrected chi connectivity index (χ1v) is 9.45. The quantitative estimate of drug-likeness (QED) is 0.808. The highest BCUT2D eigenvalue weighted by molar-refractivity contribution is 6.42. The molecule has 26 heavy (non-hydrogen) atoms. The van der Waals surface area contributed by atoms with Crippen LogP contribution in [0.15, 0.2) is 48.5 Å². The van der Waals surface area contributed by atoms with Crippen LogP contribution in [0.2, 0.25) is 10.0 Å². The zero-order valence-electron chi connectivity index (χ0n) is 14.4. The van der Waals surface area contributed by atoms with Crippen LogP contribution in [-0.2, 0) is 4.79 Å². The molecule has 1 saturated heterocycles. The van der Waals surface area contributed by atoms with E-state index in [9.17, 15) is 4.79 Å². The molecule has 2 atom stereocenters. The lowest BCUT2D eigenvalue weighted by atomic mass is 9.89. The largest absolute Gasteiger partial charge is 0.491 e. The van der Waals surface area contributed by atoms with E-state index in [1.165, 1.54) is 5.56 Å². The van der Waals surface area contributed by atoms with E-state index in [1.54, 1.807) is 18.2 Å². The van der Waals surface area contributed by atoms with E-state index in [2.05, 4.69) is 12.1 Å². The Morgan fingerprint density at radius 2 is 1.88 bits per heavy atom. The van der Waals surface area contributed by atoms with Gasteiger partial charge in [-0.25, -0.2) is 0 Å². The number of likely N-dealkylation sites (tertiary alicyclic amines) is 1. The zero-order chi connectivity index (χ0) is 18.5. The molecule has 2 aromatic carbocycles. The normalized spacial score (nSPS) is 19.6. The number of carbonyl (C=O) groups is 1. The fourth-order valence-electron chi connectivity index (χ4n) is 3.39. The van der Waals surface area contributed by atoms with Crippen LogP contribution in [0.1, 0.15) is 17.9 Å². The first kappa shape index (κ1) is 19.0. The lowest BCUT2D eigenvalue weighted by Crippen LogP contribution is -2.30. The van der Waals surface area contributed by atoms with Gasteiger partial charge in [0, 0.05) is 19.0 Å². The van der Waals surface area contributed by atoms with Gasteiger partial charge in [0.2, 0.25) is 5.91 Å². The van der Waals surface area contributed by atoms with E-state index in [1.807, 2.05) is 23.1 Å². The first-order valence-electron chi connectivity index (χ1n) is 8.69. The molecule has 1 aliphatic rings. The topological polar surface area (TPSA) is 55.6 Å². The molecule has 0 spiro atoms. The minimum atomic E-state index is 0.0695. The van der Waals surface area contributed by atoms with Crippen molar-refractivity contribution >= 4 is 29.1 Å². The Morgan fingerprint density at radius 3 is 2.62 bits per heavy atom. The molecule has 2 aromatic rings. The van der Waals surface area contributed by atoms with Crippen LogP contribution in [0.4, 0.5) is 0 Å². The molecular formula is C20H22Cl2N2O2. The van der Waals surface area contributed by atoms with Gasteiger partial charge in [-0.1, -0.05) is 59.6 Å². The number of benzene rings is 2. The van der Waals surface area contributed by atoms with Crippen molar-refractivity contribution in [2.45, 2.75) is 12.3 Å². The van der Waals surface area contributed by atoms with Gasteiger partial charge in [0.05, 0.1) is 18.1 Å². The maximum atomic E-state index is 12.6. The Kier molecular flexibility index (Phi) is 6.41. The monoisotopic (exact) mass is 392 g/mol. The Hall–Kier alpha value is -1.75. The van der Waals surface area contributed by atoms with Gasteiger partial charge in [0.25, 0.3) is 0 Å². The summed E-state index contributed by atoms with van der Waals surface area (Å²) in [6.45, 7) is 2.21. The molecule has 1 fully saturated rings. The van der Waals surface area contributed by atoms with Crippen molar-refractivity contribution in [3.63, 3.8) is 0 Å². The molecule has 6 heteroatoms. The number of ether oxygens (including phenoxy) is 1. The van der Waals surface area contributed by atoms with Gasteiger partial charge >= 0.3 is 0 Å². The smallest absolute Gasteiger partial charge is 0.226 e. The number of rotatable bonds is 6. The molecule has 4 nitrogen and oxygen atoms in total. The van der Waals surface area contributed by atoms with Crippen molar-refractivity contribution in [1.82, 2.24) is 4.90 Å². The molecule has 0 aliphatic carbocycles. The summed E-state index contributed by atoms with van der Waals surface area (Å²) in [6.07, 6.45) is 0.293. The van der Waals surface area contributed by atoms with Crippen LogP contribution in [0.3, 0.4) is 0 Å². The summed E-state index contributed by atoms with van der Waals surface area (Å²) in [6, 6.07) is 15.5. The second-order valence-electron chi connectivity index (χ2n) is 6.46. The van der Waals surface area contributed by atoms with Gasteiger partial charge < -0.3 is 15.4 Å². The van der Waals surface area contributed by atoms with Crippen molar-refractivity contribution in [3.05, 3.63) is 64.1 Å². The summed E-state index contributed by atoms with van der Waals surface area (Å²) in [4.78, 5) is 14.5. The summed E-state index contributed by atoms with van der Waals surface area (Å²) in [5.41, 5.74) is 7.18. The third-order valence-corrected chi connectivity index (χ3v) is 5.62. The van der Waals surface area contributed by atoms with Gasteiger partial charge in [0.1, 0.15) is 10.8 Å². The lowest BCUT2D eigenvalue weighted by molar-refractivity contribution is -0.130. The van der Waals surface area contributed by atoms with E-state index in [0.717, 1.165) is 0 Å². The maximum Gasteiger partial charge on any atom is 0.226 e. The molecule has 2 N–H and O–H groups in total. The third kappa shape index (κ3) is 4.32. The first-order chi connectivity index (χ1) is 12.6. The van der Waals surface area contributed by atoms with Gasteiger partial charge in [-0.3, -0.25) is 4.79 Å². The maximum absolute atomic E-state index is 12.6. The molecule has 1 aliphatic heterocycles. The number of carbonyl (C=O) groups excluding carboxylic acids is 1. The van der Waals surface area contributed by atoms with E-state index < -0.39 is 0 Å². The molecule has 138 valence electrons. The second kappa shape index (κ2) is 8.76. The molecule has 0 aromatic heterocycles. The van der Waals surface area contributed by atoms with Crippen molar-refractivity contribution in [1.29, 1.82) is 0 Å². The SMILES string of the molecule is NC[C@@H]1CN(C(=O)CCOc2cccc(Cl)c2Cl)C[C@H]1c1ccccc1. The van der Waals surface area contributed by atoms with Crippen molar-refractivity contribution < 1.29 is 9.53 Å². The predicted molar refractivity (Wildman–Crippen MR) is 105 cm³/mol. The molecule has 0 bridgehead atoms. The minimum absolute atomic E-state index is 0.0695. The van der Waals surface area contributed by atoms with E-state index >= 15 is 0 Å².